The van der Waals surface area contributed by atoms with Crippen molar-refractivity contribution in [3.8, 4) is 5.75 Å². The lowest BCUT2D eigenvalue weighted by Crippen LogP contribution is -2.37. The zero-order valence-corrected chi connectivity index (χ0v) is 19.7. The number of carbonyl (C=O) groups excluding carboxylic acids is 2. The molecule has 1 heterocycles. The summed E-state index contributed by atoms with van der Waals surface area (Å²) in [4.78, 5) is 27.1. The van der Waals surface area contributed by atoms with Crippen LogP contribution < -0.4 is 15.0 Å². The third-order valence-electron chi connectivity index (χ3n) is 5.08. The number of ether oxygens (including phenoxy) is 1. The van der Waals surface area contributed by atoms with Gasteiger partial charge in [0.05, 0.1) is 23.5 Å². The number of aryl methyl sites for hydroxylation is 1. The molecule has 0 radical (unpaired) electrons. The number of benzene rings is 3. The molecule has 0 spiro atoms. The number of nitrogens with zero attached hydrogens (tertiary/aromatic N) is 3. The minimum absolute atomic E-state index is 0.127. The SMILES string of the molecule is COc1ccc(C=NN=C2C(=O)N(CC(=O)Nc3ccc(C)cc3)c3ccccc32)cc1Br. The molecule has 7 nitrogen and oxygen atoms in total. The molecule has 4 rings (SSSR count). The van der Waals surface area contributed by atoms with Crippen LogP contribution in [-0.4, -0.2) is 37.4 Å². The number of methoxy groups -OCH3 is 1. The topological polar surface area (TPSA) is 83.4 Å². The molecule has 0 aliphatic carbocycles. The third kappa shape index (κ3) is 5.01. The van der Waals surface area contributed by atoms with E-state index in [9.17, 15) is 9.59 Å². The van der Waals surface area contributed by atoms with Crippen LogP contribution in [-0.2, 0) is 9.59 Å². The minimum Gasteiger partial charge on any atom is -0.496 e. The van der Waals surface area contributed by atoms with Gasteiger partial charge in [-0.05, 0) is 64.8 Å². The normalized spacial score (nSPS) is 14.1. The van der Waals surface area contributed by atoms with Crippen LogP contribution in [0.15, 0.2) is 81.4 Å². The summed E-state index contributed by atoms with van der Waals surface area (Å²) in [6.45, 7) is 1.85. The van der Waals surface area contributed by atoms with Crippen molar-refractivity contribution in [2.75, 3.05) is 23.9 Å². The van der Waals surface area contributed by atoms with Crippen LogP contribution in [0, 0.1) is 6.92 Å². The van der Waals surface area contributed by atoms with E-state index in [2.05, 4.69) is 31.4 Å². The van der Waals surface area contributed by atoms with Crippen LogP contribution >= 0.6 is 15.9 Å². The molecule has 8 heteroatoms. The molecule has 0 bridgehead atoms. The van der Waals surface area contributed by atoms with E-state index in [1.165, 1.54) is 4.90 Å². The highest BCUT2D eigenvalue weighted by molar-refractivity contribution is 9.10. The Balaban J connectivity index is 1.53. The molecule has 3 aromatic carbocycles. The van der Waals surface area contributed by atoms with E-state index < -0.39 is 0 Å². The number of hydrogen-bond donors (Lipinski definition) is 1. The zero-order valence-electron chi connectivity index (χ0n) is 18.1. The molecule has 0 aromatic heterocycles. The maximum atomic E-state index is 13.1. The van der Waals surface area contributed by atoms with Crippen molar-refractivity contribution in [2.45, 2.75) is 6.92 Å². The Labute approximate surface area is 199 Å². The Kier molecular flexibility index (Phi) is 6.65. The van der Waals surface area contributed by atoms with Gasteiger partial charge in [0, 0.05) is 11.3 Å². The predicted molar refractivity (Wildman–Crippen MR) is 133 cm³/mol. The summed E-state index contributed by atoms with van der Waals surface area (Å²) in [5, 5.41) is 11.1. The van der Waals surface area contributed by atoms with Gasteiger partial charge in [-0.15, -0.1) is 5.10 Å². The Morgan fingerprint density at radius 1 is 1.12 bits per heavy atom. The number of para-hydroxylation sites is 1. The fourth-order valence-electron chi connectivity index (χ4n) is 3.41. The van der Waals surface area contributed by atoms with Crippen LogP contribution in [0.2, 0.25) is 0 Å². The molecule has 0 unspecified atom stereocenters. The number of carbonyl (C=O) groups is 2. The van der Waals surface area contributed by atoms with Crippen LogP contribution in [0.25, 0.3) is 0 Å². The van der Waals surface area contributed by atoms with E-state index in [-0.39, 0.29) is 24.1 Å². The molecule has 0 saturated heterocycles. The number of nitrogens with one attached hydrogen (secondary N) is 1. The van der Waals surface area contributed by atoms with Crippen molar-refractivity contribution in [3.05, 3.63) is 87.9 Å². The summed E-state index contributed by atoms with van der Waals surface area (Å²) < 4.78 is 6.01. The van der Waals surface area contributed by atoms with Gasteiger partial charge in [0.15, 0.2) is 5.71 Å². The fraction of sp³-hybridized carbons (Fsp3) is 0.120. The second kappa shape index (κ2) is 9.79. The van der Waals surface area contributed by atoms with Gasteiger partial charge in [-0.25, -0.2) is 0 Å². The second-order valence-electron chi connectivity index (χ2n) is 7.41. The van der Waals surface area contributed by atoms with Gasteiger partial charge < -0.3 is 10.1 Å². The number of rotatable bonds is 6. The Morgan fingerprint density at radius 2 is 1.88 bits per heavy atom. The molecular formula is C25H21BrN4O3. The van der Waals surface area contributed by atoms with Crippen LogP contribution in [0.4, 0.5) is 11.4 Å². The van der Waals surface area contributed by atoms with Crippen molar-refractivity contribution in [2.24, 2.45) is 10.2 Å². The van der Waals surface area contributed by atoms with Gasteiger partial charge >= 0.3 is 0 Å². The highest BCUT2D eigenvalue weighted by Gasteiger charge is 2.35. The maximum absolute atomic E-state index is 13.1. The Morgan fingerprint density at radius 3 is 2.61 bits per heavy atom. The zero-order chi connectivity index (χ0) is 23.4. The molecule has 1 aliphatic heterocycles. The first-order valence-corrected chi connectivity index (χ1v) is 11.0. The largest absolute Gasteiger partial charge is 0.496 e. The Hall–Kier alpha value is -3.78. The van der Waals surface area contributed by atoms with Gasteiger partial charge in [-0.1, -0.05) is 35.9 Å². The second-order valence-corrected chi connectivity index (χ2v) is 8.26. The van der Waals surface area contributed by atoms with Crippen LogP contribution in [0.3, 0.4) is 0 Å². The lowest BCUT2D eigenvalue weighted by Gasteiger charge is -2.16. The third-order valence-corrected chi connectivity index (χ3v) is 5.69. The highest BCUT2D eigenvalue weighted by atomic mass is 79.9. The summed E-state index contributed by atoms with van der Waals surface area (Å²) >= 11 is 3.43. The van der Waals surface area contributed by atoms with Crippen LogP contribution in [0.1, 0.15) is 16.7 Å². The molecule has 0 saturated carbocycles. The molecule has 1 N–H and O–H groups in total. The van der Waals surface area contributed by atoms with Crippen molar-refractivity contribution < 1.29 is 14.3 Å². The number of fused-ring (bicyclic) bond motifs is 1. The molecule has 3 aromatic rings. The number of anilines is 2. The molecular weight excluding hydrogens is 484 g/mol. The van der Waals surface area contributed by atoms with Crippen LogP contribution in [0.5, 0.6) is 5.75 Å². The molecule has 2 amide bonds. The van der Waals surface area contributed by atoms with E-state index in [1.807, 2.05) is 61.5 Å². The molecule has 1 aliphatic rings. The average Bonchev–Trinajstić information content (AvgIpc) is 3.07. The summed E-state index contributed by atoms with van der Waals surface area (Å²) in [5.74, 6) is 0.0380. The Bertz CT molecular complexity index is 1270. The quantitative estimate of drug-likeness (QED) is 0.394. The van der Waals surface area contributed by atoms with E-state index in [4.69, 9.17) is 4.74 Å². The van der Waals surface area contributed by atoms with Crippen molar-refractivity contribution in [1.82, 2.24) is 0 Å². The van der Waals surface area contributed by atoms with Gasteiger partial charge in [0.1, 0.15) is 12.3 Å². The lowest BCUT2D eigenvalue weighted by atomic mass is 10.1. The average molecular weight is 505 g/mol. The van der Waals surface area contributed by atoms with Gasteiger partial charge in [-0.3, -0.25) is 14.5 Å². The monoisotopic (exact) mass is 504 g/mol. The summed E-state index contributed by atoms with van der Waals surface area (Å²) in [7, 11) is 1.59. The molecule has 166 valence electrons. The van der Waals surface area contributed by atoms with Gasteiger partial charge in [0.25, 0.3) is 5.91 Å². The van der Waals surface area contributed by atoms with Gasteiger partial charge in [0.2, 0.25) is 5.91 Å². The van der Waals surface area contributed by atoms with Crippen molar-refractivity contribution in [3.63, 3.8) is 0 Å². The van der Waals surface area contributed by atoms with Crippen molar-refractivity contribution >= 4 is 51.0 Å². The lowest BCUT2D eigenvalue weighted by molar-refractivity contribution is -0.118. The van der Waals surface area contributed by atoms with Crippen molar-refractivity contribution in [1.29, 1.82) is 0 Å². The van der Waals surface area contributed by atoms with E-state index in [0.29, 0.717) is 22.7 Å². The first-order valence-electron chi connectivity index (χ1n) is 10.2. The van der Waals surface area contributed by atoms with E-state index >= 15 is 0 Å². The number of amides is 2. The summed E-state index contributed by atoms with van der Waals surface area (Å²) in [5.41, 5.74) is 4.02. The fourth-order valence-corrected chi connectivity index (χ4v) is 3.97. The minimum atomic E-state index is -0.372. The molecule has 0 atom stereocenters. The van der Waals surface area contributed by atoms with E-state index in [0.717, 1.165) is 15.6 Å². The highest BCUT2D eigenvalue weighted by Crippen LogP contribution is 2.29. The first-order chi connectivity index (χ1) is 16.0. The standard InChI is InChI=1S/C25H21BrN4O3/c1-16-7-10-18(11-8-16)28-23(31)15-30-21-6-4-3-5-19(21)24(25(30)32)29-27-14-17-9-12-22(33-2)20(26)13-17/h3-14H,15H2,1-2H3,(H,28,31). The number of halogens is 1. The summed E-state index contributed by atoms with van der Waals surface area (Å²) in [6.07, 6.45) is 1.56. The van der Waals surface area contributed by atoms with Gasteiger partial charge in [-0.2, -0.15) is 5.10 Å². The first kappa shape index (κ1) is 22.4. The summed E-state index contributed by atoms with van der Waals surface area (Å²) in [6, 6.07) is 20.2. The molecule has 33 heavy (non-hydrogen) atoms. The smallest absolute Gasteiger partial charge is 0.279 e. The number of hydrogen-bond acceptors (Lipinski definition) is 5. The van der Waals surface area contributed by atoms with E-state index in [1.54, 1.807) is 25.5 Å². The predicted octanol–water partition coefficient (Wildman–Crippen LogP) is 4.57. The maximum Gasteiger partial charge on any atom is 0.279 e. The molecule has 0 fully saturated rings.